The monoisotopic (exact) mass is 193 g/mol. The molecule has 2 atom stereocenters. The van der Waals surface area contributed by atoms with Crippen molar-refractivity contribution in [1.82, 2.24) is 10.2 Å². The zero-order chi connectivity index (χ0) is 10.0. The second-order valence-corrected chi connectivity index (χ2v) is 4.57. The molecule has 2 fully saturated rings. The zero-order valence-corrected chi connectivity index (χ0v) is 8.92. The lowest BCUT2D eigenvalue weighted by Gasteiger charge is -2.41. The molecule has 14 heavy (non-hydrogen) atoms. The Bertz CT molecular complexity index is 239. The Labute approximate surface area is 86.1 Å². The first-order valence-electron chi connectivity index (χ1n) is 5.66. The normalized spacial score (nSPS) is 39.6. The Morgan fingerprint density at radius 1 is 1.43 bits per heavy atom. The molecular weight excluding hydrogens is 174 g/mol. The molecule has 3 nitrogen and oxygen atoms in total. The highest BCUT2D eigenvalue weighted by Gasteiger charge is 2.45. The summed E-state index contributed by atoms with van der Waals surface area (Å²) in [5.41, 5.74) is -0.137. The third-order valence-electron chi connectivity index (χ3n) is 3.89. The van der Waals surface area contributed by atoms with E-state index in [1.807, 2.05) is 0 Å². The van der Waals surface area contributed by atoms with Gasteiger partial charge in [-0.1, -0.05) is 13.3 Å². The summed E-state index contributed by atoms with van der Waals surface area (Å²) >= 11 is 0. The molecule has 1 aliphatic carbocycles. The molecule has 2 rings (SSSR count). The number of hydrogen-bond acceptors (Lipinski definition) is 3. The molecule has 2 aliphatic rings. The maximum absolute atomic E-state index is 9.43. The van der Waals surface area contributed by atoms with Crippen molar-refractivity contribution in [3.05, 3.63) is 0 Å². The summed E-state index contributed by atoms with van der Waals surface area (Å²) in [6.45, 7) is 6.39. The highest BCUT2D eigenvalue weighted by molar-refractivity contribution is 5.14. The van der Waals surface area contributed by atoms with Gasteiger partial charge in [-0.15, -0.1) is 0 Å². The lowest BCUT2D eigenvalue weighted by Crippen LogP contribution is -2.56. The Morgan fingerprint density at radius 3 is 2.64 bits per heavy atom. The Kier molecular flexibility index (Phi) is 2.76. The van der Waals surface area contributed by atoms with Gasteiger partial charge in [-0.2, -0.15) is 5.26 Å². The molecule has 1 aliphatic heterocycles. The van der Waals surface area contributed by atoms with Crippen molar-refractivity contribution < 1.29 is 0 Å². The molecule has 0 aromatic rings. The third-order valence-corrected chi connectivity index (χ3v) is 3.89. The van der Waals surface area contributed by atoms with Crippen LogP contribution in [-0.4, -0.2) is 36.6 Å². The van der Waals surface area contributed by atoms with E-state index in [1.54, 1.807) is 0 Å². The molecule has 2 unspecified atom stereocenters. The lowest BCUT2D eigenvalue weighted by molar-refractivity contribution is 0.0916. The van der Waals surface area contributed by atoms with E-state index in [0.717, 1.165) is 32.6 Å². The largest absolute Gasteiger partial charge is 0.314 e. The standard InChI is InChI=1S/C11H19N3/c1-10-3-2-4-11(10,9-12)14-7-5-13-6-8-14/h10,13H,2-8H2,1H3. The molecule has 1 heterocycles. The Hall–Kier alpha value is -0.590. The second kappa shape index (κ2) is 3.88. The molecule has 0 radical (unpaired) electrons. The molecule has 1 N–H and O–H groups in total. The minimum absolute atomic E-state index is 0.137. The number of nitrogens with zero attached hydrogens (tertiary/aromatic N) is 2. The van der Waals surface area contributed by atoms with E-state index >= 15 is 0 Å². The molecule has 1 saturated carbocycles. The number of piperazine rings is 1. The van der Waals surface area contributed by atoms with Crippen molar-refractivity contribution in [3.63, 3.8) is 0 Å². The predicted molar refractivity (Wildman–Crippen MR) is 55.8 cm³/mol. The summed E-state index contributed by atoms with van der Waals surface area (Å²) in [6, 6.07) is 2.60. The van der Waals surface area contributed by atoms with Gasteiger partial charge in [0.1, 0.15) is 5.54 Å². The first-order valence-corrected chi connectivity index (χ1v) is 5.66. The lowest BCUT2D eigenvalue weighted by atomic mass is 9.87. The summed E-state index contributed by atoms with van der Waals surface area (Å²) < 4.78 is 0. The third kappa shape index (κ3) is 1.43. The van der Waals surface area contributed by atoms with Gasteiger partial charge < -0.3 is 5.32 Å². The van der Waals surface area contributed by atoms with Crippen LogP contribution < -0.4 is 5.32 Å². The van der Waals surface area contributed by atoms with Crippen LogP contribution >= 0.6 is 0 Å². The van der Waals surface area contributed by atoms with Gasteiger partial charge in [0, 0.05) is 26.2 Å². The molecule has 3 heteroatoms. The molecule has 0 aromatic heterocycles. The van der Waals surface area contributed by atoms with Crippen molar-refractivity contribution in [1.29, 1.82) is 5.26 Å². The number of nitriles is 1. The quantitative estimate of drug-likeness (QED) is 0.674. The van der Waals surface area contributed by atoms with E-state index in [4.69, 9.17) is 0 Å². The Balaban J connectivity index is 2.14. The van der Waals surface area contributed by atoms with Crippen LogP contribution in [0, 0.1) is 17.2 Å². The fraction of sp³-hybridized carbons (Fsp3) is 0.909. The second-order valence-electron chi connectivity index (χ2n) is 4.57. The van der Waals surface area contributed by atoms with Gasteiger partial charge in [-0.3, -0.25) is 4.90 Å². The van der Waals surface area contributed by atoms with Gasteiger partial charge in [0.2, 0.25) is 0 Å². The summed E-state index contributed by atoms with van der Waals surface area (Å²) in [7, 11) is 0. The smallest absolute Gasteiger partial charge is 0.111 e. The van der Waals surface area contributed by atoms with Gasteiger partial charge in [0.15, 0.2) is 0 Å². The topological polar surface area (TPSA) is 39.1 Å². The van der Waals surface area contributed by atoms with E-state index in [2.05, 4.69) is 23.2 Å². The average molecular weight is 193 g/mol. The van der Waals surface area contributed by atoms with E-state index in [1.165, 1.54) is 12.8 Å². The molecule has 78 valence electrons. The van der Waals surface area contributed by atoms with Crippen molar-refractivity contribution in [2.45, 2.75) is 31.7 Å². The van der Waals surface area contributed by atoms with Crippen LogP contribution in [0.5, 0.6) is 0 Å². The fourth-order valence-electron chi connectivity index (χ4n) is 2.93. The maximum atomic E-state index is 9.43. The van der Waals surface area contributed by atoms with E-state index in [0.29, 0.717) is 5.92 Å². The number of nitrogens with one attached hydrogen (secondary N) is 1. The van der Waals surface area contributed by atoms with Crippen LogP contribution in [-0.2, 0) is 0 Å². The molecule has 0 aromatic carbocycles. The van der Waals surface area contributed by atoms with Crippen LogP contribution in [0.15, 0.2) is 0 Å². The van der Waals surface area contributed by atoms with Gasteiger partial charge in [-0.25, -0.2) is 0 Å². The number of rotatable bonds is 1. The van der Waals surface area contributed by atoms with E-state index < -0.39 is 0 Å². The summed E-state index contributed by atoms with van der Waals surface area (Å²) in [6.07, 6.45) is 3.51. The molecule has 0 amide bonds. The average Bonchev–Trinajstić information content (AvgIpc) is 2.62. The first kappa shape index (κ1) is 9.95. The van der Waals surface area contributed by atoms with Gasteiger partial charge in [0.25, 0.3) is 0 Å². The SMILES string of the molecule is CC1CCCC1(C#N)N1CCNCC1. The number of hydrogen-bond donors (Lipinski definition) is 1. The minimum atomic E-state index is -0.137. The Morgan fingerprint density at radius 2 is 2.14 bits per heavy atom. The van der Waals surface area contributed by atoms with Crippen molar-refractivity contribution in [3.8, 4) is 6.07 Å². The summed E-state index contributed by atoms with van der Waals surface area (Å²) in [5, 5.41) is 12.8. The highest BCUT2D eigenvalue weighted by atomic mass is 15.2. The summed E-state index contributed by atoms with van der Waals surface area (Å²) in [5.74, 6) is 0.547. The molecular formula is C11H19N3. The van der Waals surface area contributed by atoms with Crippen LogP contribution in [0.4, 0.5) is 0 Å². The first-order chi connectivity index (χ1) is 6.79. The maximum Gasteiger partial charge on any atom is 0.111 e. The zero-order valence-electron chi connectivity index (χ0n) is 8.92. The minimum Gasteiger partial charge on any atom is -0.314 e. The highest BCUT2D eigenvalue weighted by Crippen LogP contribution is 2.39. The predicted octanol–water partition coefficient (Wildman–Crippen LogP) is 0.974. The fourth-order valence-corrected chi connectivity index (χ4v) is 2.93. The molecule has 0 spiro atoms. The van der Waals surface area contributed by atoms with Crippen LogP contribution in [0.2, 0.25) is 0 Å². The van der Waals surface area contributed by atoms with E-state index in [-0.39, 0.29) is 5.54 Å². The molecule has 1 saturated heterocycles. The van der Waals surface area contributed by atoms with Crippen molar-refractivity contribution in [2.24, 2.45) is 5.92 Å². The van der Waals surface area contributed by atoms with Crippen molar-refractivity contribution >= 4 is 0 Å². The van der Waals surface area contributed by atoms with Crippen molar-refractivity contribution in [2.75, 3.05) is 26.2 Å². The van der Waals surface area contributed by atoms with E-state index in [9.17, 15) is 5.26 Å². The van der Waals surface area contributed by atoms with Crippen LogP contribution in [0.1, 0.15) is 26.2 Å². The molecule has 0 bridgehead atoms. The van der Waals surface area contributed by atoms with Gasteiger partial charge in [0.05, 0.1) is 6.07 Å². The van der Waals surface area contributed by atoms with Gasteiger partial charge in [-0.05, 0) is 18.8 Å². The van der Waals surface area contributed by atoms with Gasteiger partial charge >= 0.3 is 0 Å². The van der Waals surface area contributed by atoms with Crippen LogP contribution in [0.3, 0.4) is 0 Å². The summed E-state index contributed by atoms with van der Waals surface area (Å²) in [4.78, 5) is 2.40. The van der Waals surface area contributed by atoms with Crippen LogP contribution in [0.25, 0.3) is 0 Å².